The number of ether oxygens (including phenoxy) is 1. The lowest BCUT2D eigenvalue weighted by Gasteiger charge is -2.15. The number of benzene rings is 2. The Hall–Kier alpha value is -3.55. The van der Waals surface area contributed by atoms with Gasteiger partial charge in [-0.2, -0.15) is 13.2 Å². The minimum absolute atomic E-state index is 0.0243. The summed E-state index contributed by atoms with van der Waals surface area (Å²) in [4.78, 5) is 17.2. The molecule has 0 bridgehead atoms. The van der Waals surface area contributed by atoms with Crippen molar-refractivity contribution >= 4 is 10.9 Å². The van der Waals surface area contributed by atoms with Crippen LogP contribution in [0, 0.1) is 6.92 Å². The van der Waals surface area contributed by atoms with Crippen LogP contribution in [0.5, 0.6) is 5.75 Å². The number of hydrogen-bond acceptors (Lipinski definition) is 3. The molecular weight excluding hydrogens is 407 g/mol. The van der Waals surface area contributed by atoms with E-state index in [1.54, 1.807) is 31.2 Å². The molecule has 160 valence electrons. The molecule has 31 heavy (non-hydrogen) atoms. The van der Waals surface area contributed by atoms with Crippen LogP contribution >= 0.6 is 0 Å². The number of hydrogen-bond donors (Lipinski definition) is 0. The van der Waals surface area contributed by atoms with Crippen molar-refractivity contribution in [2.45, 2.75) is 26.1 Å². The van der Waals surface area contributed by atoms with E-state index in [0.717, 1.165) is 19.0 Å². The molecule has 5 nitrogen and oxygen atoms in total. The third kappa shape index (κ3) is 4.33. The van der Waals surface area contributed by atoms with Crippen LogP contribution in [0.25, 0.3) is 16.6 Å². The third-order valence-corrected chi connectivity index (χ3v) is 4.96. The SMILES string of the molecule is Cc1nc2cccc(C(F)(F)F)c2c(=O)n1-c1ccc(OCCCn2cccc2)cc1. The van der Waals surface area contributed by atoms with Crippen molar-refractivity contribution in [3.8, 4) is 11.4 Å². The largest absolute Gasteiger partial charge is 0.494 e. The molecule has 0 spiro atoms. The van der Waals surface area contributed by atoms with Crippen molar-refractivity contribution in [2.75, 3.05) is 6.61 Å². The van der Waals surface area contributed by atoms with Crippen LogP contribution in [0.2, 0.25) is 0 Å². The fourth-order valence-electron chi connectivity index (χ4n) is 3.53. The number of aryl methyl sites for hydroxylation is 2. The van der Waals surface area contributed by atoms with Gasteiger partial charge in [-0.15, -0.1) is 0 Å². The van der Waals surface area contributed by atoms with Crippen molar-refractivity contribution in [1.82, 2.24) is 14.1 Å². The Bertz CT molecular complexity index is 1240. The van der Waals surface area contributed by atoms with E-state index in [1.165, 1.54) is 16.7 Å². The first-order valence-corrected chi connectivity index (χ1v) is 9.78. The number of halogens is 3. The Labute approximate surface area is 176 Å². The highest BCUT2D eigenvalue weighted by Gasteiger charge is 2.34. The van der Waals surface area contributed by atoms with Crippen molar-refractivity contribution in [1.29, 1.82) is 0 Å². The molecule has 0 fully saturated rings. The molecule has 0 N–H and O–H groups in total. The fraction of sp³-hybridized carbons (Fsp3) is 0.217. The molecule has 0 aliphatic heterocycles. The molecule has 0 amide bonds. The van der Waals surface area contributed by atoms with Gasteiger partial charge in [-0.25, -0.2) is 4.98 Å². The molecule has 0 aliphatic rings. The topological polar surface area (TPSA) is 49.1 Å². The molecule has 2 aromatic carbocycles. The van der Waals surface area contributed by atoms with Gasteiger partial charge in [0, 0.05) is 18.9 Å². The Kier molecular flexibility index (Phi) is 5.54. The van der Waals surface area contributed by atoms with Gasteiger partial charge in [0.15, 0.2) is 0 Å². The zero-order valence-corrected chi connectivity index (χ0v) is 16.8. The standard InChI is InChI=1S/C23H20F3N3O2/c1-16-27-20-7-4-6-19(23(24,25)26)21(20)22(30)29(16)17-8-10-18(11-9-17)31-15-5-14-28-12-2-3-13-28/h2-4,6-13H,5,14-15H2,1H3. The molecule has 4 aromatic rings. The molecular formula is C23H20F3N3O2. The maximum Gasteiger partial charge on any atom is 0.417 e. The average Bonchev–Trinajstić information content (AvgIpc) is 3.24. The predicted molar refractivity (Wildman–Crippen MR) is 112 cm³/mol. The van der Waals surface area contributed by atoms with Gasteiger partial charge in [-0.3, -0.25) is 9.36 Å². The van der Waals surface area contributed by atoms with Crippen molar-refractivity contribution in [2.24, 2.45) is 0 Å². The molecule has 0 radical (unpaired) electrons. The number of alkyl halides is 3. The normalized spacial score (nSPS) is 11.7. The highest BCUT2D eigenvalue weighted by atomic mass is 19.4. The van der Waals surface area contributed by atoms with Crippen LogP contribution < -0.4 is 10.3 Å². The van der Waals surface area contributed by atoms with Gasteiger partial charge < -0.3 is 9.30 Å². The second-order valence-corrected chi connectivity index (χ2v) is 7.11. The second-order valence-electron chi connectivity index (χ2n) is 7.11. The highest BCUT2D eigenvalue weighted by Crippen LogP contribution is 2.33. The molecule has 0 unspecified atom stereocenters. The van der Waals surface area contributed by atoms with E-state index in [-0.39, 0.29) is 5.52 Å². The van der Waals surface area contributed by atoms with Gasteiger partial charge in [0.2, 0.25) is 0 Å². The minimum Gasteiger partial charge on any atom is -0.494 e. The van der Waals surface area contributed by atoms with Crippen LogP contribution in [0.4, 0.5) is 13.2 Å². The van der Waals surface area contributed by atoms with Crippen molar-refractivity contribution in [3.05, 3.63) is 88.7 Å². The quantitative estimate of drug-likeness (QED) is 0.408. The zero-order valence-electron chi connectivity index (χ0n) is 16.8. The van der Waals surface area contributed by atoms with Gasteiger partial charge in [-0.05, 0) is 61.9 Å². The molecule has 0 aliphatic carbocycles. The molecule has 8 heteroatoms. The monoisotopic (exact) mass is 427 g/mol. The van der Waals surface area contributed by atoms with Crippen LogP contribution in [-0.4, -0.2) is 20.7 Å². The number of fused-ring (bicyclic) bond motifs is 1. The van der Waals surface area contributed by atoms with Crippen molar-refractivity contribution < 1.29 is 17.9 Å². The van der Waals surface area contributed by atoms with E-state index in [4.69, 9.17) is 4.74 Å². The Morgan fingerprint density at radius 3 is 2.39 bits per heavy atom. The highest BCUT2D eigenvalue weighted by molar-refractivity contribution is 5.82. The summed E-state index contributed by atoms with van der Waals surface area (Å²) < 4.78 is 49.3. The van der Waals surface area contributed by atoms with Crippen LogP contribution in [0.3, 0.4) is 0 Å². The molecule has 0 saturated heterocycles. The molecule has 0 atom stereocenters. The number of aromatic nitrogens is 3. The molecule has 4 rings (SSSR count). The van der Waals surface area contributed by atoms with E-state index in [9.17, 15) is 18.0 Å². The maximum atomic E-state index is 13.4. The van der Waals surface area contributed by atoms with Gasteiger partial charge in [0.05, 0.1) is 28.8 Å². The number of nitrogens with zero attached hydrogens (tertiary/aromatic N) is 3. The molecule has 0 saturated carbocycles. The Morgan fingerprint density at radius 2 is 1.71 bits per heavy atom. The van der Waals surface area contributed by atoms with E-state index >= 15 is 0 Å². The van der Waals surface area contributed by atoms with Crippen LogP contribution in [0.15, 0.2) is 71.8 Å². The summed E-state index contributed by atoms with van der Waals surface area (Å²) in [7, 11) is 0. The lowest BCUT2D eigenvalue weighted by atomic mass is 10.1. The summed E-state index contributed by atoms with van der Waals surface area (Å²) in [6, 6.07) is 14.1. The number of rotatable bonds is 6. The maximum absolute atomic E-state index is 13.4. The lowest BCUT2D eigenvalue weighted by molar-refractivity contribution is -0.136. The van der Waals surface area contributed by atoms with E-state index in [1.807, 2.05) is 24.5 Å². The van der Waals surface area contributed by atoms with Crippen LogP contribution in [-0.2, 0) is 12.7 Å². The van der Waals surface area contributed by atoms with Gasteiger partial charge >= 0.3 is 6.18 Å². The molecule has 2 aromatic heterocycles. The first-order valence-electron chi connectivity index (χ1n) is 9.78. The summed E-state index contributed by atoms with van der Waals surface area (Å²) in [5.74, 6) is 0.920. The van der Waals surface area contributed by atoms with Gasteiger partial charge in [0.1, 0.15) is 11.6 Å². The molecule has 2 heterocycles. The summed E-state index contributed by atoms with van der Waals surface area (Å²) >= 11 is 0. The summed E-state index contributed by atoms with van der Waals surface area (Å²) in [6.07, 6.45) is 0.142. The first-order chi connectivity index (χ1) is 14.8. The zero-order chi connectivity index (χ0) is 22.0. The predicted octanol–water partition coefficient (Wildman–Crippen LogP) is 4.98. The summed E-state index contributed by atoms with van der Waals surface area (Å²) in [6.45, 7) is 2.94. The fourth-order valence-corrected chi connectivity index (χ4v) is 3.53. The van der Waals surface area contributed by atoms with E-state index in [0.29, 0.717) is 23.9 Å². The smallest absolute Gasteiger partial charge is 0.417 e. The van der Waals surface area contributed by atoms with Gasteiger partial charge in [0.25, 0.3) is 5.56 Å². The summed E-state index contributed by atoms with van der Waals surface area (Å²) in [5, 5.41) is -0.439. The second kappa shape index (κ2) is 8.29. The van der Waals surface area contributed by atoms with Crippen molar-refractivity contribution in [3.63, 3.8) is 0 Å². The van der Waals surface area contributed by atoms with E-state index in [2.05, 4.69) is 9.55 Å². The van der Waals surface area contributed by atoms with Crippen LogP contribution in [0.1, 0.15) is 17.8 Å². The lowest BCUT2D eigenvalue weighted by Crippen LogP contribution is -2.24. The Balaban J connectivity index is 1.59. The minimum atomic E-state index is -4.65. The first kappa shape index (κ1) is 20.7. The third-order valence-electron chi connectivity index (χ3n) is 4.96. The van der Waals surface area contributed by atoms with Gasteiger partial charge in [-0.1, -0.05) is 6.07 Å². The van der Waals surface area contributed by atoms with E-state index < -0.39 is 22.7 Å². The average molecular weight is 427 g/mol. The Morgan fingerprint density at radius 1 is 1.00 bits per heavy atom. The summed E-state index contributed by atoms with van der Waals surface area (Å²) in [5.41, 5.74) is -1.29.